The summed E-state index contributed by atoms with van der Waals surface area (Å²) in [6, 6.07) is 5.14. The molecule has 2 saturated heterocycles. The van der Waals surface area contributed by atoms with E-state index in [2.05, 4.69) is 22.0 Å². The van der Waals surface area contributed by atoms with Crippen LogP contribution in [0.2, 0.25) is 5.02 Å². The molecule has 166 valence electrons. The summed E-state index contributed by atoms with van der Waals surface area (Å²) in [7, 11) is 0. The molecule has 2 unspecified atom stereocenters. The number of hydrogen-bond acceptors (Lipinski definition) is 5. The Morgan fingerprint density at radius 3 is 2.87 bits per heavy atom. The van der Waals surface area contributed by atoms with Crippen molar-refractivity contribution in [1.29, 1.82) is 0 Å². The van der Waals surface area contributed by atoms with E-state index in [0.29, 0.717) is 25.2 Å². The molecule has 0 radical (unpaired) electrons. The number of carbonyl (C=O) groups is 1. The van der Waals surface area contributed by atoms with E-state index in [9.17, 15) is 9.18 Å². The summed E-state index contributed by atoms with van der Waals surface area (Å²) in [6.45, 7) is 6.60. The lowest BCUT2D eigenvalue weighted by atomic mass is 9.96. The molecule has 0 bridgehead atoms. The number of benzene rings is 1. The van der Waals surface area contributed by atoms with Crippen molar-refractivity contribution in [1.82, 2.24) is 20.0 Å². The number of amides is 2. The molecule has 5 rings (SSSR count). The molecule has 2 amide bonds. The van der Waals surface area contributed by atoms with Gasteiger partial charge in [0.1, 0.15) is 18.3 Å². The number of amidine groups is 1. The summed E-state index contributed by atoms with van der Waals surface area (Å²) >= 11 is 5.93. The van der Waals surface area contributed by atoms with Gasteiger partial charge in [-0.3, -0.25) is 15.1 Å². The summed E-state index contributed by atoms with van der Waals surface area (Å²) in [6.07, 6.45) is 3.96. The average molecular weight is 448 g/mol. The second-order valence-electron chi connectivity index (χ2n) is 8.87. The quantitative estimate of drug-likeness (QED) is 0.769. The van der Waals surface area contributed by atoms with Crippen molar-refractivity contribution in [3.05, 3.63) is 46.6 Å². The molecule has 2 atom stereocenters. The fourth-order valence-electron chi connectivity index (χ4n) is 4.94. The van der Waals surface area contributed by atoms with Crippen molar-refractivity contribution in [2.24, 2.45) is 16.8 Å². The lowest BCUT2D eigenvalue weighted by molar-refractivity contribution is 0.0459. The lowest BCUT2D eigenvalue weighted by Crippen LogP contribution is -2.50. The summed E-state index contributed by atoms with van der Waals surface area (Å²) < 4.78 is 18.9. The van der Waals surface area contributed by atoms with Gasteiger partial charge in [0.25, 0.3) is 0 Å². The van der Waals surface area contributed by atoms with Crippen LogP contribution in [0, 0.1) is 17.7 Å². The number of carbonyl (C=O) groups excluding carboxylic acids is 1. The summed E-state index contributed by atoms with van der Waals surface area (Å²) in [4.78, 5) is 23.9. The zero-order valence-corrected chi connectivity index (χ0v) is 18.3. The maximum absolute atomic E-state index is 13.4. The van der Waals surface area contributed by atoms with E-state index in [0.717, 1.165) is 56.4 Å². The van der Waals surface area contributed by atoms with Crippen molar-refractivity contribution >= 4 is 23.5 Å². The molecule has 7 nitrogen and oxygen atoms in total. The molecule has 0 aliphatic carbocycles. The number of urea groups is 1. The maximum atomic E-state index is 13.4. The molecule has 31 heavy (non-hydrogen) atoms. The molecule has 2 fully saturated rings. The Kier molecular flexibility index (Phi) is 5.62. The molecule has 1 N–H and O–H groups in total. The number of ether oxygens (including phenoxy) is 1. The predicted molar refractivity (Wildman–Crippen MR) is 116 cm³/mol. The van der Waals surface area contributed by atoms with E-state index < -0.39 is 5.82 Å². The minimum Gasteiger partial charge on any atom is -0.381 e. The average Bonchev–Trinajstić information content (AvgIpc) is 3.35. The van der Waals surface area contributed by atoms with Crippen LogP contribution in [0.3, 0.4) is 0 Å². The van der Waals surface area contributed by atoms with E-state index in [1.807, 2.05) is 6.20 Å². The van der Waals surface area contributed by atoms with Crippen LogP contribution in [0.5, 0.6) is 0 Å². The third-order valence-corrected chi connectivity index (χ3v) is 6.96. The highest BCUT2D eigenvalue weighted by Crippen LogP contribution is 2.31. The van der Waals surface area contributed by atoms with Gasteiger partial charge in [-0.05, 0) is 36.5 Å². The highest BCUT2D eigenvalue weighted by molar-refractivity contribution is 6.30. The number of rotatable bonds is 4. The van der Waals surface area contributed by atoms with Crippen molar-refractivity contribution in [2.75, 3.05) is 33.0 Å². The smallest absolute Gasteiger partial charge is 0.329 e. The minimum atomic E-state index is -0.401. The normalized spacial score (nSPS) is 27.3. The zero-order chi connectivity index (χ0) is 21.5. The third-order valence-electron chi connectivity index (χ3n) is 6.67. The van der Waals surface area contributed by atoms with Crippen molar-refractivity contribution in [3.8, 4) is 0 Å². The maximum Gasteiger partial charge on any atom is 0.329 e. The van der Waals surface area contributed by atoms with Gasteiger partial charge in [-0.25, -0.2) is 14.2 Å². The molecule has 1 aromatic carbocycles. The number of nitrogens with one attached hydrogen (secondary N) is 1. The van der Waals surface area contributed by atoms with Crippen LogP contribution in [0.25, 0.3) is 0 Å². The topological polar surface area (TPSA) is 60.4 Å². The molecule has 0 saturated carbocycles. The molecule has 4 aliphatic heterocycles. The summed E-state index contributed by atoms with van der Waals surface area (Å²) in [5.41, 5.74) is 0.977. The summed E-state index contributed by atoms with van der Waals surface area (Å²) in [5.74, 6) is 1.55. The van der Waals surface area contributed by atoms with Crippen molar-refractivity contribution < 1.29 is 13.9 Å². The minimum absolute atomic E-state index is 0.109. The fraction of sp³-hybridized carbons (Fsp3) is 0.545. The predicted octanol–water partition coefficient (Wildman–Crippen LogP) is 3.22. The number of halogens is 2. The molecule has 1 aromatic rings. The number of nitrogens with zero attached hydrogens (tertiary/aromatic N) is 4. The van der Waals surface area contributed by atoms with Crippen LogP contribution in [-0.4, -0.2) is 65.6 Å². The highest BCUT2D eigenvalue weighted by Gasteiger charge is 2.40. The van der Waals surface area contributed by atoms with Crippen LogP contribution >= 0.6 is 11.6 Å². The highest BCUT2D eigenvalue weighted by atomic mass is 35.5. The van der Waals surface area contributed by atoms with Gasteiger partial charge in [-0.1, -0.05) is 24.6 Å². The fourth-order valence-corrected chi connectivity index (χ4v) is 5.15. The molecule has 4 heterocycles. The summed E-state index contributed by atoms with van der Waals surface area (Å²) in [5, 5.41) is 3.18. The van der Waals surface area contributed by atoms with Gasteiger partial charge in [-0.2, -0.15) is 0 Å². The van der Waals surface area contributed by atoms with Crippen molar-refractivity contribution in [3.63, 3.8) is 0 Å². The van der Waals surface area contributed by atoms with Crippen molar-refractivity contribution in [2.45, 2.75) is 32.4 Å². The first-order valence-electron chi connectivity index (χ1n) is 10.9. The molecular formula is C22H27ClFN5O2. The Labute approximate surface area is 186 Å². The van der Waals surface area contributed by atoms with E-state index in [-0.39, 0.29) is 17.0 Å². The first-order valence-corrected chi connectivity index (χ1v) is 11.2. The van der Waals surface area contributed by atoms with Gasteiger partial charge in [0.05, 0.1) is 5.02 Å². The number of fused-ring (bicyclic) bond motifs is 1. The van der Waals surface area contributed by atoms with Crippen LogP contribution in [-0.2, 0) is 11.3 Å². The first kappa shape index (κ1) is 20.7. The van der Waals surface area contributed by atoms with Crippen LogP contribution in [0.4, 0.5) is 9.18 Å². The van der Waals surface area contributed by atoms with Gasteiger partial charge < -0.3 is 9.64 Å². The molecule has 0 spiro atoms. The van der Waals surface area contributed by atoms with E-state index >= 15 is 0 Å². The number of hydrogen-bond donors (Lipinski definition) is 1. The van der Waals surface area contributed by atoms with Gasteiger partial charge in [0.15, 0.2) is 5.82 Å². The first-order chi connectivity index (χ1) is 15.0. The molecule has 4 aliphatic rings. The van der Waals surface area contributed by atoms with Crippen LogP contribution < -0.4 is 5.32 Å². The Bertz CT molecular complexity index is 932. The van der Waals surface area contributed by atoms with E-state index in [4.69, 9.17) is 21.3 Å². The lowest BCUT2D eigenvalue weighted by Gasteiger charge is -2.32. The number of likely N-dealkylation sites (tertiary alicyclic amines) is 1. The number of aliphatic imine (C=N–C) groups is 1. The van der Waals surface area contributed by atoms with Gasteiger partial charge in [0, 0.05) is 51.0 Å². The van der Waals surface area contributed by atoms with E-state index in [1.165, 1.54) is 6.07 Å². The Balaban J connectivity index is 1.29. The third kappa shape index (κ3) is 4.16. The van der Waals surface area contributed by atoms with Crippen LogP contribution in [0.1, 0.15) is 25.3 Å². The Morgan fingerprint density at radius 2 is 2.10 bits per heavy atom. The zero-order valence-electron chi connectivity index (χ0n) is 17.6. The standard InChI is InChI=1S/C22H27ClFN5O2/c1-14-9-27(10-15-2-3-19(24)18(23)8-15)11-17(14)21-25-20-12-28(13-29(20)22(30)26-21)16-4-6-31-7-5-16/h2-3,8,12,14,16-17H,4-7,9-11,13H2,1H3,(H,25,26,30). The second-order valence-corrected chi connectivity index (χ2v) is 9.28. The SMILES string of the molecule is CC1CN(Cc2ccc(F)c(Cl)c2)CC1C1=NC2=CN(C3CCOCC3)CN2C(=O)N1. The van der Waals surface area contributed by atoms with Crippen LogP contribution in [0.15, 0.2) is 35.2 Å². The Morgan fingerprint density at radius 1 is 1.29 bits per heavy atom. The van der Waals surface area contributed by atoms with Gasteiger partial charge in [-0.15, -0.1) is 0 Å². The van der Waals surface area contributed by atoms with Gasteiger partial charge in [0.2, 0.25) is 0 Å². The van der Waals surface area contributed by atoms with E-state index in [1.54, 1.807) is 17.0 Å². The molecule has 0 aromatic heterocycles. The largest absolute Gasteiger partial charge is 0.381 e. The second kappa shape index (κ2) is 8.41. The monoisotopic (exact) mass is 447 g/mol. The molecular weight excluding hydrogens is 421 g/mol. The molecule has 9 heteroatoms. The Hall–Kier alpha value is -2.16. The van der Waals surface area contributed by atoms with Gasteiger partial charge >= 0.3 is 6.03 Å².